The summed E-state index contributed by atoms with van der Waals surface area (Å²) in [7, 11) is 0. The number of carbonyl (C=O) groups is 1. The molecule has 0 spiro atoms. The van der Waals surface area contributed by atoms with Crippen LogP contribution in [0, 0.1) is 0 Å². The fraction of sp³-hybridized carbons (Fsp3) is 0.167. The van der Waals surface area contributed by atoms with E-state index >= 15 is 0 Å². The van der Waals surface area contributed by atoms with Gasteiger partial charge in [0.25, 0.3) is 5.91 Å². The Morgan fingerprint density at radius 1 is 1.56 bits per heavy atom. The topological polar surface area (TPSA) is 68.0 Å². The summed E-state index contributed by atoms with van der Waals surface area (Å²) in [6.45, 7) is 1.87. The molecule has 0 bridgehead atoms. The number of nitrogens with one attached hydrogen (secondary N) is 1. The van der Waals surface area contributed by atoms with Gasteiger partial charge >= 0.3 is 0 Å². The second kappa shape index (κ2) is 5.37. The van der Waals surface area contributed by atoms with Gasteiger partial charge in [0.1, 0.15) is 5.01 Å². The number of nitrogens with two attached hydrogens (primary N) is 1. The van der Waals surface area contributed by atoms with Crippen molar-refractivity contribution in [2.24, 2.45) is 0 Å². The van der Waals surface area contributed by atoms with Crippen molar-refractivity contribution in [3.8, 4) is 0 Å². The van der Waals surface area contributed by atoms with E-state index in [2.05, 4.69) is 10.3 Å². The van der Waals surface area contributed by atoms with Crippen molar-refractivity contribution in [1.82, 2.24) is 10.3 Å². The summed E-state index contributed by atoms with van der Waals surface area (Å²) in [5.41, 5.74) is 6.43. The van der Waals surface area contributed by atoms with Crippen molar-refractivity contribution >= 4 is 34.5 Å². The van der Waals surface area contributed by atoms with Crippen LogP contribution < -0.4 is 11.1 Å². The van der Waals surface area contributed by atoms with Crippen molar-refractivity contribution in [2.45, 2.75) is 13.0 Å². The lowest BCUT2D eigenvalue weighted by molar-refractivity contribution is 0.0940. The highest BCUT2D eigenvalue weighted by Crippen LogP contribution is 2.24. The Morgan fingerprint density at radius 3 is 3.00 bits per heavy atom. The first-order valence-electron chi connectivity index (χ1n) is 5.34. The van der Waals surface area contributed by atoms with E-state index in [1.807, 2.05) is 12.3 Å². The molecular weight excluding hydrogens is 270 g/mol. The highest BCUT2D eigenvalue weighted by atomic mass is 35.5. The first-order valence-corrected chi connectivity index (χ1v) is 6.59. The third kappa shape index (κ3) is 2.63. The normalized spacial score (nSPS) is 12.1. The predicted octanol–water partition coefficient (Wildman–Crippen LogP) is 2.87. The fourth-order valence-electron chi connectivity index (χ4n) is 1.51. The van der Waals surface area contributed by atoms with Gasteiger partial charge < -0.3 is 11.1 Å². The molecule has 0 fully saturated rings. The van der Waals surface area contributed by atoms with Gasteiger partial charge in [0.05, 0.1) is 22.3 Å². The Hall–Kier alpha value is -1.59. The molecule has 1 amide bonds. The van der Waals surface area contributed by atoms with Crippen LogP contribution in [0.15, 0.2) is 29.8 Å². The SMILES string of the molecule is CC(NC(=O)c1cccc(N)c1Cl)c1nccs1. The Kier molecular flexibility index (Phi) is 3.84. The van der Waals surface area contributed by atoms with Gasteiger partial charge in [-0.25, -0.2) is 4.98 Å². The third-order valence-electron chi connectivity index (χ3n) is 2.44. The first-order chi connectivity index (χ1) is 8.59. The molecule has 0 aliphatic carbocycles. The van der Waals surface area contributed by atoms with Gasteiger partial charge in [-0.1, -0.05) is 17.7 Å². The van der Waals surface area contributed by atoms with Crippen LogP contribution in [0.4, 0.5) is 5.69 Å². The van der Waals surface area contributed by atoms with Crippen LogP contribution >= 0.6 is 22.9 Å². The van der Waals surface area contributed by atoms with Crippen LogP contribution in [0.25, 0.3) is 0 Å². The van der Waals surface area contributed by atoms with Gasteiger partial charge in [-0.2, -0.15) is 0 Å². The quantitative estimate of drug-likeness (QED) is 0.850. The lowest BCUT2D eigenvalue weighted by Crippen LogP contribution is -2.26. The summed E-state index contributed by atoms with van der Waals surface area (Å²) < 4.78 is 0. The van der Waals surface area contributed by atoms with Crippen LogP contribution in [-0.4, -0.2) is 10.9 Å². The predicted molar refractivity (Wildman–Crippen MR) is 73.9 cm³/mol. The highest BCUT2D eigenvalue weighted by molar-refractivity contribution is 7.09. The number of hydrogen-bond acceptors (Lipinski definition) is 4. The molecule has 4 nitrogen and oxygen atoms in total. The fourth-order valence-corrected chi connectivity index (χ4v) is 2.37. The van der Waals surface area contributed by atoms with Crippen LogP contribution in [-0.2, 0) is 0 Å². The summed E-state index contributed by atoms with van der Waals surface area (Å²) in [6.07, 6.45) is 1.70. The second-order valence-electron chi connectivity index (χ2n) is 3.77. The number of thiazole rings is 1. The number of nitrogen functional groups attached to an aromatic ring is 1. The molecule has 1 aromatic heterocycles. The average molecular weight is 282 g/mol. The number of rotatable bonds is 3. The molecular formula is C12H12ClN3OS. The number of benzene rings is 1. The second-order valence-corrected chi connectivity index (χ2v) is 5.08. The molecule has 1 aromatic carbocycles. The van der Waals surface area contributed by atoms with E-state index in [4.69, 9.17) is 17.3 Å². The van der Waals surface area contributed by atoms with Gasteiger partial charge in [-0.15, -0.1) is 11.3 Å². The monoisotopic (exact) mass is 281 g/mol. The number of nitrogens with zero attached hydrogens (tertiary/aromatic N) is 1. The number of carbonyl (C=O) groups excluding carboxylic acids is 1. The van der Waals surface area contributed by atoms with Crippen molar-refractivity contribution in [3.05, 3.63) is 45.4 Å². The molecule has 1 atom stereocenters. The molecule has 0 aliphatic rings. The standard InChI is InChI=1S/C12H12ClN3OS/c1-7(12-15-5-6-18-12)16-11(17)8-3-2-4-9(14)10(8)13/h2-7H,14H2,1H3,(H,16,17). The van der Waals surface area contributed by atoms with Crippen LogP contribution in [0.2, 0.25) is 5.02 Å². The Labute approximate surface area is 114 Å². The van der Waals surface area contributed by atoms with E-state index in [-0.39, 0.29) is 17.0 Å². The smallest absolute Gasteiger partial charge is 0.253 e. The number of anilines is 1. The maximum atomic E-state index is 12.0. The molecule has 6 heteroatoms. The molecule has 1 heterocycles. The highest BCUT2D eigenvalue weighted by Gasteiger charge is 2.16. The zero-order valence-corrected chi connectivity index (χ0v) is 11.3. The van der Waals surface area contributed by atoms with E-state index in [9.17, 15) is 4.79 Å². The molecule has 0 radical (unpaired) electrons. The average Bonchev–Trinajstić information content (AvgIpc) is 2.86. The number of aromatic nitrogens is 1. The van der Waals surface area contributed by atoms with Gasteiger partial charge in [-0.3, -0.25) is 4.79 Å². The van der Waals surface area contributed by atoms with Crippen molar-refractivity contribution in [1.29, 1.82) is 0 Å². The Balaban J connectivity index is 2.15. The maximum absolute atomic E-state index is 12.0. The zero-order chi connectivity index (χ0) is 13.1. The molecule has 2 rings (SSSR count). The van der Waals surface area contributed by atoms with E-state index in [1.54, 1.807) is 24.4 Å². The van der Waals surface area contributed by atoms with E-state index in [1.165, 1.54) is 11.3 Å². The lowest BCUT2D eigenvalue weighted by Gasteiger charge is -2.12. The van der Waals surface area contributed by atoms with E-state index < -0.39 is 0 Å². The van der Waals surface area contributed by atoms with Crippen molar-refractivity contribution in [2.75, 3.05) is 5.73 Å². The van der Waals surface area contributed by atoms with E-state index in [0.717, 1.165) is 5.01 Å². The number of halogens is 1. The first kappa shape index (κ1) is 12.9. The minimum absolute atomic E-state index is 0.157. The molecule has 1 unspecified atom stereocenters. The molecule has 94 valence electrons. The van der Waals surface area contributed by atoms with Gasteiger partial charge in [-0.05, 0) is 19.1 Å². The molecule has 18 heavy (non-hydrogen) atoms. The number of amides is 1. The van der Waals surface area contributed by atoms with Gasteiger partial charge in [0, 0.05) is 11.6 Å². The van der Waals surface area contributed by atoms with Crippen LogP contribution in [0.3, 0.4) is 0 Å². The van der Waals surface area contributed by atoms with Crippen LogP contribution in [0.1, 0.15) is 28.3 Å². The number of hydrogen-bond donors (Lipinski definition) is 2. The van der Waals surface area contributed by atoms with Gasteiger partial charge in [0.2, 0.25) is 0 Å². The minimum atomic E-state index is -0.255. The molecule has 0 saturated heterocycles. The summed E-state index contributed by atoms with van der Waals surface area (Å²) in [5, 5.41) is 5.83. The lowest BCUT2D eigenvalue weighted by atomic mass is 10.1. The summed E-state index contributed by atoms with van der Waals surface area (Å²) >= 11 is 7.49. The van der Waals surface area contributed by atoms with E-state index in [0.29, 0.717) is 11.3 Å². The maximum Gasteiger partial charge on any atom is 0.253 e. The molecule has 2 aromatic rings. The molecule has 0 saturated carbocycles. The summed E-state index contributed by atoms with van der Waals surface area (Å²) in [6, 6.07) is 4.84. The largest absolute Gasteiger partial charge is 0.398 e. The van der Waals surface area contributed by atoms with Crippen molar-refractivity contribution < 1.29 is 4.79 Å². The molecule has 3 N–H and O–H groups in total. The Morgan fingerprint density at radius 2 is 2.33 bits per heavy atom. The third-order valence-corrected chi connectivity index (χ3v) is 3.82. The Bertz CT molecular complexity index is 556. The summed E-state index contributed by atoms with van der Waals surface area (Å²) in [5.74, 6) is -0.255. The van der Waals surface area contributed by atoms with Gasteiger partial charge in [0.15, 0.2) is 0 Å². The zero-order valence-electron chi connectivity index (χ0n) is 9.68. The summed E-state index contributed by atoms with van der Waals surface area (Å²) in [4.78, 5) is 16.2. The van der Waals surface area contributed by atoms with Crippen LogP contribution in [0.5, 0.6) is 0 Å². The minimum Gasteiger partial charge on any atom is -0.398 e. The molecule has 0 aliphatic heterocycles. The van der Waals surface area contributed by atoms with Crippen molar-refractivity contribution in [3.63, 3.8) is 0 Å².